The van der Waals surface area contributed by atoms with Crippen LogP contribution < -0.4 is 4.74 Å². The number of imidazole rings is 1. The van der Waals surface area contributed by atoms with E-state index >= 15 is 0 Å². The van der Waals surface area contributed by atoms with Gasteiger partial charge in [-0.1, -0.05) is 5.16 Å². The van der Waals surface area contributed by atoms with Crippen LogP contribution in [0.25, 0.3) is 33.1 Å². The Morgan fingerprint density at radius 2 is 1.53 bits per heavy atom. The molecule has 0 aliphatic carbocycles. The Bertz CT molecular complexity index is 1720. The first-order valence-electron chi connectivity index (χ1n) is 18.5. The summed E-state index contributed by atoms with van der Waals surface area (Å²) in [6.45, 7) is 14.0. The number of aryl methyl sites for hydroxylation is 2. The molecule has 1 N–H and O–H groups in total. The lowest BCUT2D eigenvalue weighted by Gasteiger charge is -2.32. The Balaban J connectivity index is 1.07. The summed E-state index contributed by atoms with van der Waals surface area (Å²) in [4.78, 5) is 22.9. The van der Waals surface area contributed by atoms with E-state index in [1.165, 1.54) is 0 Å². The van der Waals surface area contributed by atoms with Gasteiger partial charge < -0.3 is 52.3 Å². The zero-order chi connectivity index (χ0) is 37.6. The van der Waals surface area contributed by atoms with E-state index < -0.39 is 5.97 Å². The van der Waals surface area contributed by atoms with Crippen molar-refractivity contribution in [2.24, 2.45) is 0 Å². The van der Waals surface area contributed by atoms with Gasteiger partial charge in [0.25, 0.3) is 0 Å². The molecule has 0 spiro atoms. The number of carbonyl (C=O) groups is 1. The lowest BCUT2D eigenvalue weighted by molar-refractivity contribution is -0.138. The normalized spacial score (nSPS) is 14.8. The zero-order valence-corrected chi connectivity index (χ0v) is 31.8. The molecular weight excluding hydrogens is 686 g/mol. The van der Waals surface area contributed by atoms with Gasteiger partial charge in [0, 0.05) is 30.5 Å². The molecule has 53 heavy (non-hydrogen) atoms. The maximum atomic E-state index is 10.4. The number of hydrogen-bond donors (Lipinski definition) is 1. The summed E-state index contributed by atoms with van der Waals surface area (Å²) in [5.74, 6) is 1.99. The monoisotopic (exact) mass is 741 g/mol. The molecule has 15 nitrogen and oxygen atoms in total. The van der Waals surface area contributed by atoms with E-state index in [0.717, 1.165) is 88.6 Å². The number of hydrogen-bond acceptors (Lipinski definition) is 13. The fourth-order valence-corrected chi connectivity index (χ4v) is 6.85. The average Bonchev–Trinajstić information content (AvgIpc) is 3.71. The number of nitrogens with zero attached hydrogens (tertiary/aromatic N) is 5. The topological polar surface area (TPSA) is 162 Å². The van der Waals surface area contributed by atoms with Crippen molar-refractivity contribution in [2.75, 3.05) is 107 Å². The zero-order valence-electron chi connectivity index (χ0n) is 31.8. The molecule has 292 valence electrons. The Morgan fingerprint density at radius 3 is 2.09 bits per heavy atom. The number of fused-ring (bicyclic) bond motifs is 3. The first kappa shape index (κ1) is 40.5. The fraction of sp³-hybridized carbons (Fsp3) is 0.632. The van der Waals surface area contributed by atoms with Crippen molar-refractivity contribution in [2.45, 2.75) is 52.0 Å². The molecule has 0 radical (unpaired) electrons. The van der Waals surface area contributed by atoms with Crippen molar-refractivity contribution in [3.05, 3.63) is 35.6 Å². The van der Waals surface area contributed by atoms with Crippen molar-refractivity contribution in [3.8, 4) is 16.9 Å². The van der Waals surface area contributed by atoms with Crippen LogP contribution in [0.5, 0.6) is 5.75 Å². The number of methoxy groups -OCH3 is 2. The smallest absolute Gasteiger partial charge is 0.305 e. The van der Waals surface area contributed by atoms with Gasteiger partial charge in [0.2, 0.25) is 0 Å². The number of aromatic nitrogens is 4. The second-order valence-corrected chi connectivity index (χ2v) is 13.2. The van der Waals surface area contributed by atoms with E-state index in [1.807, 2.05) is 20.0 Å². The number of benzene rings is 1. The van der Waals surface area contributed by atoms with Crippen molar-refractivity contribution >= 4 is 27.9 Å². The molecule has 5 rings (SSSR count). The summed E-state index contributed by atoms with van der Waals surface area (Å²) in [5.41, 5.74) is 5.42. The molecule has 1 aliphatic heterocycles. The highest BCUT2D eigenvalue weighted by atomic mass is 16.6. The van der Waals surface area contributed by atoms with Gasteiger partial charge in [-0.3, -0.25) is 9.78 Å². The third-order valence-electron chi connectivity index (χ3n) is 9.47. The van der Waals surface area contributed by atoms with E-state index in [-0.39, 0.29) is 19.1 Å². The van der Waals surface area contributed by atoms with E-state index in [9.17, 15) is 4.79 Å². The van der Waals surface area contributed by atoms with Crippen LogP contribution >= 0.6 is 0 Å². The van der Waals surface area contributed by atoms with Crippen LogP contribution in [0.1, 0.15) is 55.4 Å². The highest BCUT2D eigenvalue weighted by Crippen LogP contribution is 2.41. The number of piperidine rings is 1. The standard InChI is InChI=1S/C38H55N5O10/c1-26(25-46-4)43-37-30-23-34(47-5)31(36-27(2)41-53-28(36)3)22-32(30)39-24-33(37)40-38(43)29-6-9-42(10-7-29)11-13-49-15-17-51-19-21-52-20-18-50-16-14-48-12-8-35(44)45/h22-24,26,29H,6-21,25H2,1-5H3,(H,44,45)/t26-/m1/s1. The highest BCUT2D eigenvalue weighted by molar-refractivity contribution is 6.05. The average molecular weight is 742 g/mol. The number of pyridine rings is 1. The number of aliphatic carboxylic acids is 1. The maximum absolute atomic E-state index is 10.4. The molecule has 4 heterocycles. The molecule has 3 aromatic heterocycles. The highest BCUT2D eigenvalue weighted by Gasteiger charge is 2.29. The van der Waals surface area contributed by atoms with Crippen molar-refractivity contribution < 1.29 is 47.6 Å². The molecule has 1 aliphatic rings. The largest absolute Gasteiger partial charge is 0.496 e. The minimum Gasteiger partial charge on any atom is -0.496 e. The summed E-state index contributed by atoms with van der Waals surface area (Å²) in [6, 6.07) is 4.21. The number of rotatable bonds is 24. The molecule has 0 amide bonds. The number of carboxylic acids is 1. The Kier molecular flexibility index (Phi) is 15.8. The summed E-state index contributed by atoms with van der Waals surface area (Å²) in [7, 11) is 3.43. The van der Waals surface area contributed by atoms with Gasteiger partial charge in [-0.15, -0.1) is 0 Å². The van der Waals surface area contributed by atoms with Gasteiger partial charge >= 0.3 is 5.97 Å². The van der Waals surface area contributed by atoms with Crippen LogP contribution in [0.4, 0.5) is 0 Å². The first-order chi connectivity index (χ1) is 25.8. The number of carboxylic acid groups (broad SMARTS) is 1. The lowest BCUT2D eigenvalue weighted by Crippen LogP contribution is -2.36. The maximum Gasteiger partial charge on any atom is 0.305 e. The molecule has 1 fully saturated rings. The van der Waals surface area contributed by atoms with Crippen LogP contribution in [-0.4, -0.2) is 142 Å². The Hall–Kier alpha value is -3.70. The van der Waals surface area contributed by atoms with Crippen LogP contribution in [0.2, 0.25) is 0 Å². The molecule has 0 bridgehead atoms. The minimum absolute atomic E-state index is 0.00184. The quantitative estimate of drug-likeness (QED) is 0.0974. The van der Waals surface area contributed by atoms with Crippen molar-refractivity contribution in [3.63, 3.8) is 0 Å². The molecule has 1 atom stereocenters. The van der Waals surface area contributed by atoms with Crippen LogP contribution in [0.3, 0.4) is 0 Å². The van der Waals surface area contributed by atoms with Crippen molar-refractivity contribution in [1.82, 2.24) is 24.6 Å². The van der Waals surface area contributed by atoms with Crippen LogP contribution in [-0.2, 0) is 33.2 Å². The first-order valence-corrected chi connectivity index (χ1v) is 18.5. The Labute approximate surface area is 310 Å². The van der Waals surface area contributed by atoms with Gasteiger partial charge in [-0.05, 0) is 58.8 Å². The molecule has 0 unspecified atom stereocenters. The van der Waals surface area contributed by atoms with E-state index in [4.69, 9.17) is 52.8 Å². The molecule has 0 saturated carbocycles. The summed E-state index contributed by atoms with van der Waals surface area (Å²) >= 11 is 0. The number of likely N-dealkylation sites (tertiary alicyclic amines) is 1. The molecule has 4 aromatic rings. The fourth-order valence-electron chi connectivity index (χ4n) is 6.85. The second kappa shape index (κ2) is 20.7. The van der Waals surface area contributed by atoms with Gasteiger partial charge in [0.1, 0.15) is 22.9 Å². The lowest BCUT2D eigenvalue weighted by atomic mass is 9.95. The summed E-state index contributed by atoms with van der Waals surface area (Å²) in [6.07, 6.45) is 3.89. The number of ether oxygens (including phenoxy) is 7. The van der Waals surface area contributed by atoms with Gasteiger partial charge in [0.15, 0.2) is 0 Å². The summed E-state index contributed by atoms with van der Waals surface area (Å²) in [5, 5.41) is 13.7. The Morgan fingerprint density at radius 1 is 0.906 bits per heavy atom. The summed E-state index contributed by atoms with van der Waals surface area (Å²) < 4.78 is 46.9. The van der Waals surface area contributed by atoms with E-state index in [2.05, 4.69) is 33.7 Å². The van der Waals surface area contributed by atoms with Crippen LogP contribution in [0, 0.1) is 13.8 Å². The van der Waals surface area contributed by atoms with Gasteiger partial charge in [-0.2, -0.15) is 0 Å². The molecular formula is C38H55N5O10. The van der Waals surface area contributed by atoms with Gasteiger partial charge in [0.05, 0.1) is 121 Å². The third-order valence-corrected chi connectivity index (χ3v) is 9.47. The van der Waals surface area contributed by atoms with Crippen LogP contribution in [0.15, 0.2) is 22.9 Å². The molecule has 1 saturated heterocycles. The van der Waals surface area contributed by atoms with Crippen molar-refractivity contribution in [1.29, 1.82) is 0 Å². The third kappa shape index (κ3) is 10.9. The second-order valence-electron chi connectivity index (χ2n) is 13.2. The molecule has 15 heteroatoms. The SMILES string of the molecule is COC[C@@H](C)n1c(C2CCN(CCOCCOCCOCCOCCOCCC(=O)O)CC2)nc2cnc3cc(-c4c(C)noc4C)c(OC)cc3c21. The predicted molar refractivity (Wildman–Crippen MR) is 198 cm³/mol. The van der Waals surface area contributed by atoms with E-state index in [0.29, 0.717) is 72.0 Å². The van der Waals surface area contributed by atoms with Gasteiger partial charge in [-0.25, -0.2) is 4.98 Å². The van der Waals surface area contributed by atoms with E-state index in [1.54, 1.807) is 14.2 Å². The molecule has 1 aromatic carbocycles. The minimum atomic E-state index is -0.871. The predicted octanol–water partition coefficient (Wildman–Crippen LogP) is 4.81.